The summed E-state index contributed by atoms with van der Waals surface area (Å²) in [5.41, 5.74) is 0. The van der Waals surface area contributed by atoms with Crippen LogP contribution in [0.25, 0.3) is 0 Å². The lowest BCUT2D eigenvalue weighted by atomic mass is 10.00. The number of hydrogen-bond donors (Lipinski definition) is 2. The van der Waals surface area contributed by atoms with Crippen LogP contribution in [0.2, 0.25) is 0 Å². The van der Waals surface area contributed by atoms with Crippen LogP contribution in [-0.4, -0.2) is 34.5 Å². The van der Waals surface area contributed by atoms with Crippen molar-refractivity contribution in [3.8, 4) is 0 Å². The monoisotopic (exact) mass is 396 g/mol. The van der Waals surface area contributed by atoms with E-state index in [0.29, 0.717) is 12.8 Å². The van der Waals surface area contributed by atoms with Crippen molar-refractivity contribution in [3.63, 3.8) is 0 Å². The predicted octanol–water partition coefficient (Wildman–Crippen LogP) is 5.84. The molecule has 0 fully saturated rings. The molecule has 164 valence electrons. The molecule has 0 aromatic carbocycles. The number of esters is 1. The summed E-state index contributed by atoms with van der Waals surface area (Å²) in [5.74, 6) is -0.302. The number of carbonyl (C=O) groups excluding carboxylic acids is 1. The van der Waals surface area contributed by atoms with Crippen LogP contribution < -0.4 is 0 Å². The molecule has 3 atom stereocenters. The molecule has 0 unspecified atom stereocenters. The van der Waals surface area contributed by atoms with Crippen LogP contribution in [0.3, 0.4) is 0 Å². The average molecular weight is 397 g/mol. The standard InChI is InChI=1S/C24H44O4/c1-21(25)19-22(26)20-23-17-15-13-11-9-7-5-3-2-4-6-8-10-12-14-16-18-24(27)28-23/h16,18,21-23,25-26H,2-15,17,19-20H2,1H3/t21-,22-,23+/m1/s1. The van der Waals surface area contributed by atoms with Crippen LogP contribution in [0, 0.1) is 0 Å². The summed E-state index contributed by atoms with van der Waals surface area (Å²) in [4.78, 5) is 12.1. The van der Waals surface area contributed by atoms with Gasteiger partial charge in [0.05, 0.1) is 12.2 Å². The molecule has 0 amide bonds. The van der Waals surface area contributed by atoms with Crippen molar-refractivity contribution in [2.75, 3.05) is 0 Å². The largest absolute Gasteiger partial charge is 0.459 e. The molecule has 28 heavy (non-hydrogen) atoms. The third-order valence-corrected chi connectivity index (χ3v) is 5.58. The maximum Gasteiger partial charge on any atom is 0.330 e. The van der Waals surface area contributed by atoms with Gasteiger partial charge in [-0.2, -0.15) is 0 Å². The van der Waals surface area contributed by atoms with E-state index in [0.717, 1.165) is 32.1 Å². The Kier molecular flexibility index (Phi) is 15.3. The van der Waals surface area contributed by atoms with Gasteiger partial charge in [-0.05, 0) is 39.0 Å². The first-order valence-corrected chi connectivity index (χ1v) is 11.8. The minimum atomic E-state index is -0.632. The van der Waals surface area contributed by atoms with E-state index in [1.807, 2.05) is 6.08 Å². The van der Waals surface area contributed by atoms with Gasteiger partial charge in [-0.1, -0.05) is 76.7 Å². The second-order valence-corrected chi connectivity index (χ2v) is 8.61. The third kappa shape index (κ3) is 15.1. The number of rotatable bonds is 4. The first-order valence-electron chi connectivity index (χ1n) is 11.8. The van der Waals surface area contributed by atoms with E-state index in [1.165, 1.54) is 64.2 Å². The Morgan fingerprint density at radius 2 is 1.39 bits per heavy atom. The van der Waals surface area contributed by atoms with Gasteiger partial charge in [0, 0.05) is 12.5 Å². The number of aliphatic hydroxyl groups excluding tert-OH is 2. The smallest absolute Gasteiger partial charge is 0.330 e. The Bertz CT molecular complexity index is 405. The summed E-state index contributed by atoms with van der Waals surface area (Å²) in [5, 5.41) is 19.6. The highest BCUT2D eigenvalue weighted by Crippen LogP contribution is 2.18. The van der Waals surface area contributed by atoms with Gasteiger partial charge in [0.2, 0.25) is 0 Å². The van der Waals surface area contributed by atoms with E-state index >= 15 is 0 Å². The molecule has 1 aliphatic rings. The molecule has 0 radical (unpaired) electrons. The van der Waals surface area contributed by atoms with Gasteiger partial charge >= 0.3 is 5.97 Å². The predicted molar refractivity (Wildman–Crippen MR) is 115 cm³/mol. The third-order valence-electron chi connectivity index (χ3n) is 5.58. The molecular formula is C24H44O4. The van der Waals surface area contributed by atoms with Gasteiger partial charge in [-0.15, -0.1) is 0 Å². The summed E-state index contributed by atoms with van der Waals surface area (Å²) < 4.78 is 5.62. The van der Waals surface area contributed by atoms with E-state index in [1.54, 1.807) is 13.0 Å². The van der Waals surface area contributed by atoms with E-state index < -0.39 is 12.2 Å². The van der Waals surface area contributed by atoms with Crippen molar-refractivity contribution in [2.45, 2.75) is 134 Å². The minimum Gasteiger partial charge on any atom is -0.459 e. The molecule has 4 heteroatoms. The Morgan fingerprint density at radius 1 is 0.893 bits per heavy atom. The van der Waals surface area contributed by atoms with Crippen molar-refractivity contribution >= 4 is 5.97 Å². The second-order valence-electron chi connectivity index (χ2n) is 8.61. The lowest BCUT2D eigenvalue weighted by Crippen LogP contribution is -2.25. The summed E-state index contributed by atoms with van der Waals surface area (Å²) in [6, 6.07) is 0. The molecule has 0 aliphatic carbocycles. The lowest BCUT2D eigenvalue weighted by molar-refractivity contribution is -0.145. The maximum absolute atomic E-state index is 12.1. The number of carbonyl (C=O) groups is 1. The first kappa shape index (κ1) is 25.2. The molecule has 1 aliphatic heterocycles. The molecule has 0 bridgehead atoms. The van der Waals surface area contributed by atoms with Crippen LogP contribution in [0.15, 0.2) is 12.2 Å². The van der Waals surface area contributed by atoms with E-state index in [9.17, 15) is 15.0 Å². The zero-order valence-corrected chi connectivity index (χ0v) is 18.1. The zero-order chi connectivity index (χ0) is 20.5. The molecule has 2 N–H and O–H groups in total. The van der Waals surface area contributed by atoms with Crippen LogP contribution in [-0.2, 0) is 9.53 Å². The number of hydrogen-bond acceptors (Lipinski definition) is 4. The van der Waals surface area contributed by atoms with Crippen molar-refractivity contribution in [1.29, 1.82) is 0 Å². The Hall–Kier alpha value is -0.870. The fourth-order valence-corrected chi connectivity index (χ4v) is 3.98. The van der Waals surface area contributed by atoms with Crippen LogP contribution in [0.4, 0.5) is 0 Å². The molecular weight excluding hydrogens is 352 g/mol. The quantitative estimate of drug-likeness (QED) is 0.586. The number of aliphatic hydroxyl groups is 2. The van der Waals surface area contributed by atoms with E-state index in [2.05, 4.69) is 0 Å². The lowest BCUT2D eigenvalue weighted by Gasteiger charge is -2.21. The number of cyclic esters (lactones) is 1. The highest BCUT2D eigenvalue weighted by atomic mass is 16.5. The van der Waals surface area contributed by atoms with E-state index in [-0.39, 0.29) is 12.1 Å². The van der Waals surface area contributed by atoms with E-state index in [4.69, 9.17) is 4.74 Å². The topological polar surface area (TPSA) is 66.8 Å². The first-order chi connectivity index (χ1) is 13.6. The van der Waals surface area contributed by atoms with Crippen LogP contribution >= 0.6 is 0 Å². The van der Waals surface area contributed by atoms with Gasteiger partial charge in [0.1, 0.15) is 6.10 Å². The van der Waals surface area contributed by atoms with Gasteiger partial charge in [0.25, 0.3) is 0 Å². The van der Waals surface area contributed by atoms with Crippen LogP contribution in [0.5, 0.6) is 0 Å². The molecule has 0 saturated carbocycles. The van der Waals surface area contributed by atoms with Crippen molar-refractivity contribution in [2.24, 2.45) is 0 Å². The summed E-state index contributed by atoms with van der Waals surface area (Å²) in [6.45, 7) is 1.67. The SMILES string of the molecule is C[C@@H](O)C[C@@H](O)C[C@@H]1CCCCCCCCCCCCCCCC=CC(=O)O1. The number of ether oxygens (including phenoxy) is 1. The Morgan fingerprint density at radius 3 is 1.93 bits per heavy atom. The zero-order valence-electron chi connectivity index (χ0n) is 18.1. The summed E-state index contributed by atoms with van der Waals surface area (Å²) in [6.07, 6.45) is 20.9. The molecule has 0 aromatic rings. The molecule has 0 spiro atoms. The molecule has 0 aromatic heterocycles. The van der Waals surface area contributed by atoms with Gasteiger partial charge < -0.3 is 14.9 Å². The van der Waals surface area contributed by atoms with Crippen LogP contribution in [0.1, 0.15) is 116 Å². The second kappa shape index (κ2) is 17.0. The highest BCUT2D eigenvalue weighted by Gasteiger charge is 2.19. The number of allylic oxidation sites excluding steroid dienone is 1. The summed E-state index contributed by atoms with van der Waals surface area (Å²) >= 11 is 0. The molecule has 1 heterocycles. The van der Waals surface area contributed by atoms with Crippen molar-refractivity contribution in [1.82, 2.24) is 0 Å². The fraction of sp³-hybridized carbons (Fsp3) is 0.875. The molecule has 1 rings (SSSR count). The fourth-order valence-electron chi connectivity index (χ4n) is 3.98. The van der Waals surface area contributed by atoms with Crippen molar-refractivity contribution < 1.29 is 19.7 Å². The Labute approximate surface area is 172 Å². The minimum absolute atomic E-state index is 0.267. The van der Waals surface area contributed by atoms with Gasteiger partial charge in [0.15, 0.2) is 0 Å². The Balaban J connectivity index is 2.48. The maximum atomic E-state index is 12.1. The van der Waals surface area contributed by atoms with Crippen molar-refractivity contribution in [3.05, 3.63) is 12.2 Å². The molecule has 4 nitrogen and oxygen atoms in total. The van der Waals surface area contributed by atoms with Gasteiger partial charge in [-0.25, -0.2) is 4.79 Å². The van der Waals surface area contributed by atoms with Gasteiger partial charge in [-0.3, -0.25) is 0 Å². The average Bonchev–Trinajstić information content (AvgIpc) is 2.62. The molecule has 0 saturated heterocycles. The highest BCUT2D eigenvalue weighted by molar-refractivity contribution is 5.82. The summed E-state index contributed by atoms with van der Waals surface area (Å²) in [7, 11) is 0. The normalized spacial score (nSPS) is 24.8.